The summed E-state index contributed by atoms with van der Waals surface area (Å²) < 4.78 is 0. The number of aromatic amines is 1. The zero-order valence-electron chi connectivity index (χ0n) is 23.0. The smallest absolute Gasteiger partial charge is 0.253 e. The number of hydrogen-bond donors (Lipinski definition) is 2. The average Bonchev–Trinajstić information content (AvgIpc) is 3.63. The maximum Gasteiger partial charge on any atom is 0.253 e. The van der Waals surface area contributed by atoms with Crippen LogP contribution in [0.15, 0.2) is 43.0 Å². The molecule has 5 rings (SSSR count). The van der Waals surface area contributed by atoms with Gasteiger partial charge in [-0.3, -0.25) is 4.79 Å². The van der Waals surface area contributed by atoms with Crippen molar-refractivity contribution in [3.63, 3.8) is 0 Å². The predicted molar refractivity (Wildman–Crippen MR) is 150 cm³/mol. The highest BCUT2D eigenvalue weighted by Crippen LogP contribution is 2.48. The van der Waals surface area contributed by atoms with E-state index in [-0.39, 0.29) is 11.9 Å². The number of carbonyl (C=O) groups is 1. The minimum atomic E-state index is -0.662. The van der Waals surface area contributed by atoms with Crippen LogP contribution >= 0.6 is 0 Å². The van der Waals surface area contributed by atoms with E-state index >= 15 is 0 Å². The fourth-order valence-corrected chi connectivity index (χ4v) is 6.49. The van der Waals surface area contributed by atoms with Gasteiger partial charge in [-0.05, 0) is 94.5 Å². The Kier molecular flexibility index (Phi) is 7.09. The fourth-order valence-electron chi connectivity index (χ4n) is 6.49. The number of tetrazole rings is 1. The first-order valence-corrected chi connectivity index (χ1v) is 13.6. The first-order chi connectivity index (χ1) is 18.2. The molecule has 1 unspecified atom stereocenters. The van der Waals surface area contributed by atoms with E-state index in [1.165, 1.54) is 24.0 Å². The van der Waals surface area contributed by atoms with Crippen LogP contribution in [0.25, 0.3) is 5.70 Å². The van der Waals surface area contributed by atoms with Crippen molar-refractivity contribution in [2.75, 3.05) is 28.2 Å². The third-order valence-corrected chi connectivity index (χ3v) is 8.62. The molecule has 38 heavy (non-hydrogen) atoms. The quantitative estimate of drug-likeness (QED) is 0.498. The molecule has 200 valence electrons. The summed E-state index contributed by atoms with van der Waals surface area (Å²) >= 11 is 0. The third-order valence-electron chi connectivity index (χ3n) is 8.62. The molecule has 8 heteroatoms. The highest BCUT2D eigenvalue weighted by atomic mass is 16.2. The lowest BCUT2D eigenvalue weighted by molar-refractivity contribution is 0.0827. The molecule has 0 saturated heterocycles. The van der Waals surface area contributed by atoms with E-state index in [2.05, 4.69) is 57.5 Å². The van der Waals surface area contributed by atoms with Crippen LogP contribution in [0.3, 0.4) is 0 Å². The number of nitrogens with two attached hydrogens (primary N) is 1. The number of rotatable bonds is 7. The normalized spacial score (nSPS) is 19.8. The molecule has 1 heterocycles. The van der Waals surface area contributed by atoms with Crippen molar-refractivity contribution in [3.8, 4) is 0 Å². The van der Waals surface area contributed by atoms with Gasteiger partial charge in [-0.15, -0.1) is 5.10 Å². The molecule has 8 nitrogen and oxygen atoms in total. The number of carbonyl (C=O) groups excluding carboxylic acids is 1. The summed E-state index contributed by atoms with van der Waals surface area (Å²) in [7, 11) is 7.60. The molecule has 2 aromatic carbocycles. The van der Waals surface area contributed by atoms with Crippen molar-refractivity contribution >= 4 is 11.6 Å². The predicted octanol–water partition coefficient (Wildman–Crippen LogP) is 3.77. The standard InChI is InChI=1S/C30H39N7O/c1-19(36(2)3)21-12-14-25-22(16-21)10-11-23-17-24(28(38)37(4)5)13-15-26(23)30(25,29-32-34-35-33-29)18-27(31)20-8-6-7-9-20/h12-17,20,27H,1,6-11,18,31H2,2-5H3,(H,32,33,34,35)/t27-,30?/m1/s1. The van der Waals surface area contributed by atoms with Crippen LogP contribution in [0.2, 0.25) is 0 Å². The highest BCUT2D eigenvalue weighted by Gasteiger charge is 2.46. The number of aryl methyl sites for hydroxylation is 2. The van der Waals surface area contributed by atoms with E-state index in [9.17, 15) is 4.79 Å². The van der Waals surface area contributed by atoms with Crippen molar-refractivity contribution < 1.29 is 4.79 Å². The fraction of sp³-hybridized carbons (Fsp3) is 0.467. The largest absolute Gasteiger partial charge is 0.378 e. The van der Waals surface area contributed by atoms with E-state index in [0.29, 0.717) is 23.7 Å². The van der Waals surface area contributed by atoms with Gasteiger partial charge in [-0.25, -0.2) is 5.10 Å². The third kappa shape index (κ3) is 4.51. The zero-order valence-corrected chi connectivity index (χ0v) is 23.0. The summed E-state index contributed by atoms with van der Waals surface area (Å²) in [5.41, 5.74) is 13.8. The average molecular weight is 514 g/mol. The Hall–Kier alpha value is -3.52. The van der Waals surface area contributed by atoms with Crippen LogP contribution < -0.4 is 5.73 Å². The molecule has 1 aromatic heterocycles. The lowest BCUT2D eigenvalue weighted by Crippen LogP contribution is -2.42. The van der Waals surface area contributed by atoms with Gasteiger partial charge in [0.05, 0.1) is 5.41 Å². The second kappa shape index (κ2) is 10.3. The number of H-pyrrole nitrogens is 1. The SMILES string of the molecule is C=C(c1ccc2c(c1)CCc1cc(C(=O)N(C)C)ccc1C2(C[C@@H](N)C1CCCC1)c1nnn[nH]1)N(C)C. The number of benzene rings is 2. The van der Waals surface area contributed by atoms with Gasteiger partial charge in [0, 0.05) is 45.5 Å². The summed E-state index contributed by atoms with van der Waals surface area (Å²) in [4.78, 5) is 16.6. The molecule has 0 radical (unpaired) electrons. The van der Waals surface area contributed by atoms with Crippen LogP contribution in [0.5, 0.6) is 0 Å². The van der Waals surface area contributed by atoms with Crippen molar-refractivity contribution in [2.24, 2.45) is 11.7 Å². The van der Waals surface area contributed by atoms with Crippen LogP contribution in [0.4, 0.5) is 0 Å². The van der Waals surface area contributed by atoms with Gasteiger partial charge in [0.25, 0.3) is 5.91 Å². The molecule has 1 amide bonds. The molecule has 2 aliphatic carbocycles. The minimum absolute atomic E-state index is 0.00582. The molecule has 1 saturated carbocycles. The Labute approximate surface area is 225 Å². The van der Waals surface area contributed by atoms with Crippen LogP contribution in [-0.2, 0) is 18.3 Å². The van der Waals surface area contributed by atoms with Gasteiger partial charge in [0.1, 0.15) is 0 Å². The minimum Gasteiger partial charge on any atom is -0.378 e. The Bertz CT molecular complexity index is 1250. The van der Waals surface area contributed by atoms with Crippen molar-refractivity contribution in [3.05, 3.63) is 82.2 Å². The van der Waals surface area contributed by atoms with Gasteiger partial charge < -0.3 is 15.5 Å². The van der Waals surface area contributed by atoms with E-state index in [1.54, 1.807) is 19.0 Å². The Morgan fingerprint density at radius 1 is 1.03 bits per heavy atom. The van der Waals surface area contributed by atoms with Crippen LogP contribution in [0.1, 0.15) is 76.1 Å². The number of aromatic nitrogens is 4. The topological polar surface area (TPSA) is 104 Å². The first-order valence-electron chi connectivity index (χ1n) is 13.6. The Balaban J connectivity index is 1.75. The first kappa shape index (κ1) is 26.1. The molecule has 0 spiro atoms. The van der Waals surface area contributed by atoms with E-state index < -0.39 is 5.41 Å². The lowest BCUT2D eigenvalue weighted by Gasteiger charge is -2.38. The molecule has 2 atom stereocenters. The monoisotopic (exact) mass is 513 g/mol. The summed E-state index contributed by atoms with van der Waals surface area (Å²) in [6, 6.07) is 12.7. The van der Waals surface area contributed by atoms with Crippen molar-refractivity contribution in [1.82, 2.24) is 30.4 Å². The van der Waals surface area contributed by atoms with Gasteiger partial charge >= 0.3 is 0 Å². The van der Waals surface area contributed by atoms with E-state index in [4.69, 9.17) is 5.73 Å². The number of amides is 1. The zero-order chi connectivity index (χ0) is 27.0. The van der Waals surface area contributed by atoms with Crippen molar-refractivity contribution in [1.29, 1.82) is 0 Å². The molecular formula is C30H39N7O. The van der Waals surface area contributed by atoms with E-state index in [1.807, 2.05) is 25.1 Å². The molecule has 0 aliphatic heterocycles. The maximum atomic E-state index is 12.9. The summed E-state index contributed by atoms with van der Waals surface area (Å²) in [5.74, 6) is 1.16. The Morgan fingerprint density at radius 2 is 1.63 bits per heavy atom. The maximum absolute atomic E-state index is 12.9. The second-order valence-corrected chi connectivity index (χ2v) is 11.4. The van der Waals surface area contributed by atoms with Gasteiger partial charge in [-0.2, -0.15) is 0 Å². The van der Waals surface area contributed by atoms with E-state index in [0.717, 1.165) is 48.1 Å². The second-order valence-electron chi connectivity index (χ2n) is 11.4. The summed E-state index contributed by atoms with van der Waals surface area (Å²) in [6.07, 6.45) is 7.09. The molecular weight excluding hydrogens is 474 g/mol. The summed E-state index contributed by atoms with van der Waals surface area (Å²) in [6.45, 7) is 4.30. The number of nitrogens with one attached hydrogen (secondary N) is 1. The molecule has 3 N–H and O–H groups in total. The number of hydrogen-bond acceptors (Lipinski definition) is 6. The molecule has 3 aromatic rings. The van der Waals surface area contributed by atoms with Crippen LogP contribution in [0, 0.1) is 5.92 Å². The van der Waals surface area contributed by atoms with Gasteiger partial charge in [0.15, 0.2) is 5.82 Å². The highest BCUT2D eigenvalue weighted by molar-refractivity contribution is 5.94. The Morgan fingerprint density at radius 3 is 2.18 bits per heavy atom. The van der Waals surface area contributed by atoms with Crippen LogP contribution in [-0.4, -0.2) is 70.6 Å². The van der Waals surface area contributed by atoms with Gasteiger partial charge in [0.2, 0.25) is 0 Å². The molecule has 0 bridgehead atoms. The van der Waals surface area contributed by atoms with Crippen molar-refractivity contribution in [2.45, 2.75) is 56.4 Å². The number of fused-ring (bicyclic) bond motifs is 2. The summed E-state index contributed by atoms with van der Waals surface area (Å²) in [5, 5.41) is 15.7. The molecule has 2 aliphatic rings. The molecule has 1 fully saturated rings. The van der Waals surface area contributed by atoms with Gasteiger partial charge in [-0.1, -0.05) is 37.6 Å². The lowest BCUT2D eigenvalue weighted by atomic mass is 9.66. The number of nitrogens with zero attached hydrogens (tertiary/aromatic N) is 5.